The van der Waals surface area contributed by atoms with Gasteiger partial charge in [-0.15, -0.1) is 0 Å². The fraction of sp³-hybridized carbons (Fsp3) is 0. The third kappa shape index (κ3) is 3.70. The van der Waals surface area contributed by atoms with Crippen molar-refractivity contribution in [1.29, 1.82) is 0 Å². The summed E-state index contributed by atoms with van der Waals surface area (Å²) >= 11 is 5.76. The molecule has 9 nitrogen and oxygen atoms in total. The van der Waals surface area contributed by atoms with Crippen LogP contribution in [0.2, 0.25) is 5.02 Å². The Morgan fingerprint density at radius 1 is 1.21 bits per heavy atom. The van der Waals surface area contributed by atoms with Crippen LogP contribution in [-0.4, -0.2) is 32.4 Å². The number of halogens is 1. The normalized spacial score (nSPS) is 10.7. The highest BCUT2D eigenvalue weighted by Crippen LogP contribution is 2.35. The lowest BCUT2D eigenvalue weighted by molar-refractivity contribution is -0.385. The Labute approximate surface area is 139 Å². The maximum absolute atomic E-state index is 11.8. The van der Waals surface area contributed by atoms with Crippen molar-refractivity contribution in [1.82, 2.24) is 5.43 Å². The molecule has 2 aromatic rings. The number of nitrogens with zero attached hydrogens (tertiary/aromatic N) is 2. The second-order valence-corrected chi connectivity index (χ2v) is 4.96. The molecule has 2 rings (SSSR count). The number of benzene rings is 2. The summed E-state index contributed by atoms with van der Waals surface area (Å²) in [5, 5.41) is 42.6. The third-order valence-electron chi connectivity index (χ3n) is 2.89. The zero-order valence-electron chi connectivity index (χ0n) is 11.8. The minimum Gasteiger partial charge on any atom is -0.504 e. The molecule has 0 atom stereocenters. The lowest BCUT2D eigenvalue weighted by Crippen LogP contribution is -2.17. The number of carbonyl (C=O) groups is 1. The Morgan fingerprint density at radius 2 is 1.83 bits per heavy atom. The van der Waals surface area contributed by atoms with E-state index >= 15 is 0 Å². The predicted molar refractivity (Wildman–Crippen MR) is 84.6 cm³/mol. The molecule has 124 valence electrons. The number of phenols is 3. The van der Waals surface area contributed by atoms with E-state index in [2.05, 4.69) is 10.5 Å². The van der Waals surface area contributed by atoms with E-state index < -0.39 is 28.1 Å². The molecular weight excluding hydrogens is 342 g/mol. The molecule has 0 aromatic heterocycles. The predicted octanol–water partition coefficient (Wildman–Crippen LogP) is 2.13. The Balaban J connectivity index is 2.19. The van der Waals surface area contributed by atoms with Crippen molar-refractivity contribution in [3.8, 4) is 17.2 Å². The minimum absolute atomic E-state index is 0.0733. The first-order valence-electron chi connectivity index (χ1n) is 6.32. The van der Waals surface area contributed by atoms with Crippen LogP contribution in [0, 0.1) is 10.1 Å². The summed E-state index contributed by atoms with van der Waals surface area (Å²) in [5.41, 5.74) is 1.71. The zero-order valence-corrected chi connectivity index (χ0v) is 12.6. The summed E-state index contributed by atoms with van der Waals surface area (Å²) in [4.78, 5) is 22.1. The summed E-state index contributed by atoms with van der Waals surface area (Å²) < 4.78 is 0. The molecule has 0 spiro atoms. The summed E-state index contributed by atoms with van der Waals surface area (Å²) in [5.74, 6) is -2.95. The van der Waals surface area contributed by atoms with Crippen LogP contribution in [0.3, 0.4) is 0 Å². The third-order valence-corrected chi connectivity index (χ3v) is 3.12. The van der Waals surface area contributed by atoms with Gasteiger partial charge < -0.3 is 15.3 Å². The molecule has 0 aliphatic rings. The number of hydrogen-bond acceptors (Lipinski definition) is 7. The summed E-state index contributed by atoms with van der Waals surface area (Å²) in [7, 11) is 0. The van der Waals surface area contributed by atoms with Crippen molar-refractivity contribution in [2.75, 3.05) is 0 Å². The van der Waals surface area contributed by atoms with Crippen LogP contribution in [0.15, 0.2) is 35.4 Å². The fourth-order valence-corrected chi connectivity index (χ4v) is 1.94. The first-order chi connectivity index (χ1) is 11.3. The highest BCUT2D eigenvalue weighted by Gasteiger charge is 2.14. The Bertz CT molecular complexity index is 829. The second-order valence-electron chi connectivity index (χ2n) is 4.52. The van der Waals surface area contributed by atoms with Crippen LogP contribution in [0.1, 0.15) is 15.9 Å². The standard InChI is InChI=1S/C14H10ClN3O6/c15-9-1-2-10(18(23)24)8(3-9)6-16-17-14(22)7-4-11(19)13(21)12(20)5-7/h1-6,19-21H,(H,17,22)/b16-6+. The largest absolute Gasteiger partial charge is 0.504 e. The van der Waals surface area contributed by atoms with E-state index in [0.717, 1.165) is 18.3 Å². The molecule has 1 amide bonds. The molecule has 0 heterocycles. The zero-order chi connectivity index (χ0) is 17.9. The van der Waals surface area contributed by atoms with Gasteiger partial charge in [0, 0.05) is 16.7 Å². The van der Waals surface area contributed by atoms with Gasteiger partial charge in [-0.2, -0.15) is 5.10 Å². The molecule has 0 saturated heterocycles. The van der Waals surface area contributed by atoms with Gasteiger partial charge in [-0.25, -0.2) is 5.43 Å². The number of hydrazone groups is 1. The first-order valence-corrected chi connectivity index (χ1v) is 6.69. The van der Waals surface area contributed by atoms with Crippen LogP contribution in [0.4, 0.5) is 5.69 Å². The molecule has 0 saturated carbocycles. The number of amides is 1. The lowest BCUT2D eigenvalue weighted by Gasteiger charge is -2.04. The Hall–Kier alpha value is -3.33. The molecule has 24 heavy (non-hydrogen) atoms. The van der Waals surface area contributed by atoms with Gasteiger partial charge in [0.2, 0.25) is 0 Å². The van der Waals surface area contributed by atoms with E-state index in [0.29, 0.717) is 0 Å². The SMILES string of the molecule is O=C(N/N=C/c1cc(Cl)ccc1[N+](=O)[O-])c1cc(O)c(O)c(O)c1. The lowest BCUT2D eigenvalue weighted by atomic mass is 10.2. The number of nitro groups is 1. The van der Waals surface area contributed by atoms with Crippen LogP contribution < -0.4 is 5.43 Å². The van der Waals surface area contributed by atoms with Crippen LogP contribution in [0.25, 0.3) is 0 Å². The fourth-order valence-electron chi connectivity index (χ4n) is 1.76. The number of hydrogen-bond donors (Lipinski definition) is 4. The summed E-state index contributed by atoms with van der Waals surface area (Å²) in [6.45, 7) is 0. The molecule has 0 fully saturated rings. The van der Waals surface area contributed by atoms with E-state index in [1.165, 1.54) is 18.2 Å². The number of aromatic hydroxyl groups is 3. The topological polar surface area (TPSA) is 145 Å². The smallest absolute Gasteiger partial charge is 0.278 e. The number of phenolic OH excluding ortho intramolecular Hbond substituents is 3. The molecule has 2 aromatic carbocycles. The van der Waals surface area contributed by atoms with E-state index in [-0.39, 0.29) is 21.8 Å². The van der Waals surface area contributed by atoms with Gasteiger partial charge in [0.15, 0.2) is 17.2 Å². The van der Waals surface area contributed by atoms with Crippen molar-refractivity contribution in [2.24, 2.45) is 5.10 Å². The minimum atomic E-state index is -0.818. The maximum atomic E-state index is 11.8. The highest BCUT2D eigenvalue weighted by molar-refractivity contribution is 6.31. The molecule has 0 radical (unpaired) electrons. The average molecular weight is 352 g/mol. The van der Waals surface area contributed by atoms with Gasteiger partial charge in [0.1, 0.15) is 0 Å². The van der Waals surface area contributed by atoms with Crippen molar-refractivity contribution < 1.29 is 25.0 Å². The Kier molecular flexibility index (Phi) is 4.85. The molecule has 4 N–H and O–H groups in total. The van der Waals surface area contributed by atoms with Gasteiger partial charge in [0.25, 0.3) is 11.6 Å². The first kappa shape index (κ1) is 17.0. The molecule has 0 aliphatic carbocycles. The van der Waals surface area contributed by atoms with E-state index in [9.17, 15) is 30.2 Å². The maximum Gasteiger partial charge on any atom is 0.278 e. The molecule has 0 aliphatic heterocycles. The van der Waals surface area contributed by atoms with Gasteiger partial charge in [0.05, 0.1) is 16.7 Å². The van der Waals surface area contributed by atoms with Crippen LogP contribution >= 0.6 is 11.6 Å². The molecule has 10 heteroatoms. The van der Waals surface area contributed by atoms with Crippen molar-refractivity contribution >= 4 is 29.4 Å². The number of rotatable bonds is 4. The molecular formula is C14H10ClN3O6. The number of nitrogens with one attached hydrogen (secondary N) is 1. The van der Waals surface area contributed by atoms with Crippen LogP contribution in [-0.2, 0) is 0 Å². The van der Waals surface area contributed by atoms with E-state index in [4.69, 9.17) is 11.6 Å². The Morgan fingerprint density at radius 3 is 2.42 bits per heavy atom. The van der Waals surface area contributed by atoms with E-state index in [1.807, 2.05) is 0 Å². The monoisotopic (exact) mass is 351 g/mol. The van der Waals surface area contributed by atoms with E-state index in [1.54, 1.807) is 0 Å². The molecule has 0 unspecified atom stereocenters. The van der Waals surface area contributed by atoms with Gasteiger partial charge in [-0.05, 0) is 24.3 Å². The van der Waals surface area contributed by atoms with Crippen molar-refractivity contribution in [2.45, 2.75) is 0 Å². The van der Waals surface area contributed by atoms with Crippen molar-refractivity contribution in [3.63, 3.8) is 0 Å². The van der Waals surface area contributed by atoms with Gasteiger partial charge >= 0.3 is 0 Å². The van der Waals surface area contributed by atoms with Crippen molar-refractivity contribution in [3.05, 3.63) is 56.6 Å². The average Bonchev–Trinajstić information content (AvgIpc) is 2.51. The number of carbonyl (C=O) groups excluding carboxylic acids is 1. The van der Waals surface area contributed by atoms with Gasteiger partial charge in [-0.3, -0.25) is 14.9 Å². The summed E-state index contributed by atoms with van der Waals surface area (Å²) in [6.07, 6.45) is 1.03. The summed E-state index contributed by atoms with van der Waals surface area (Å²) in [6, 6.07) is 5.68. The van der Waals surface area contributed by atoms with Crippen LogP contribution in [0.5, 0.6) is 17.2 Å². The molecule has 0 bridgehead atoms. The quantitative estimate of drug-likeness (QED) is 0.287. The number of nitro benzene ring substituents is 1. The second kappa shape index (κ2) is 6.84. The van der Waals surface area contributed by atoms with Gasteiger partial charge in [-0.1, -0.05) is 11.6 Å². The highest BCUT2D eigenvalue weighted by atomic mass is 35.5.